The minimum atomic E-state index is -0.155. The summed E-state index contributed by atoms with van der Waals surface area (Å²) in [6.07, 6.45) is 1.74. The van der Waals surface area contributed by atoms with Gasteiger partial charge in [-0.3, -0.25) is 4.79 Å². The summed E-state index contributed by atoms with van der Waals surface area (Å²) >= 11 is 0. The molecule has 10 heteroatoms. The van der Waals surface area contributed by atoms with Crippen molar-refractivity contribution in [3.63, 3.8) is 0 Å². The van der Waals surface area contributed by atoms with Crippen molar-refractivity contribution in [3.8, 4) is 17.6 Å². The number of para-hydroxylation sites is 2. The van der Waals surface area contributed by atoms with E-state index in [9.17, 15) is 4.79 Å². The number of nitriles is 1. The Morgan fingerprint density at radius 2 is 2.10 bits per heavy atom. The van der Waals surface area contributed by atoms with Crippen LogP contribution in [0.25, 0.3) is 22.6 Å². The molecule has 0 saturated carbocycles. The average Bonchev–Trinajstić information content (AvgIpc) is 3.33. The van der Waals surface area contributed by atoms with Gasteiger partial charge in [-0.1, -0.05) is 12.1 Å². The molecule has 4 rings (SSSR count). The Kier molecular flexibility index (Phi) is 4.86. The number of carbonyl (C=O) groups is 1. The summed E-state index contributed by atoms with van der Waals surface area (Å²) in [5.41, 5.74) is 7.88. The highest BCUT2D eigenvalue weighted by molar-refractivity contribution is 5.97. The van der Waals surface area contributed by atoms with Crippen molar-refractivity contribution in [3.05, 3.63) is 48.2 Å². The number of pyridine rings is 1. The molecule has 0 aliphatic rings. The number of hydrogen-bond donors (Lipinski definition) is 2. The van der Waals surface area contributed by atoms with E-state index in [1.807, 2.05) is 30.3 Å². The number of fused-ring (bicyclic) bond motifs is 1. The Hall–Kier alpha value is -4.26. The van der Waals surface area contributed by atoms with Gasteiger partial charge in [-0.05, 0) is 34.6 Å². The van der Waals surface area contributed by atoms with Crippen LogP contribution in [0, 0.1) is 11.3 Å². The highest BCUT2D eigenvalue weighted by Gasteiger charge is 2.22. The first-order valence-corrected chi connectivity index (χ1v) is 8.81. The molecule has 0 aliphatic carbocycles. The zero-order valence-corrected chi connectivity index (χ0v) is 15.2. The predicted octanol–water partition coefficient (Wildman–Crippen LogP) is 2.27. The van der Waals surface area contributed by atoms with Crippen LogP contribution in [0.1, 0.15) is 16.8 Å². The van der Waals surface area contributed by atoms with Crippen LogP contribution >= 0.6 is 0 Å². The summed E-state index contributed by atoms with van der Waals surface area (Å²) in [4.78, 5) is 21.4. The van der Waals surface area contributed by atoms with Gasteiger partial charge in [0.25, 0.3) is 0 Å². The first-order valence-electron chi connectivity index (χ1n) is 8.81. The van der Waals surface area contributed by atoms with Crippen LogP contribution in [0.4, 0.5) is 11.6 Å². The van der Waals surface area contributed by atoms with Crippen LogP contribution in [-0.2, 0) is 6.54 Å². The number of rotatable bonds is 7. The Morgan fingerprint density at radius 1 is 1.24 bits per heavy atom. The summed E-state index contributed by atoms with van der Waals surface area (Å²) in [6, 6.07) is 12.7. The van der Waals surface area contributed by atoms with E-state index in [4.69, 9.17) is 15.6 Å². The number of aromatic nitrogens is 5. The monoisotopic (exact) mass is 388 g/mol. The quantitative estimate of drug-likeness (QED) is 0.359. The topological polar surface area (TPSA) is 149 Å². The molecular formula is C19H16N8O2. The molecule has 29 heavy (non-hydrogen) atoms. The van der Waals surface area contributed by atoms with Crippen molar-refractivity contribution in [1.82, 2.24) is 24.8 Å². The average molecular weight is 388 g/mol. The molecule has 0 atom stereocenters. The number of carbonyl (C=O) groups excluding carboxylic acids is 1. The van der Waals surface area contributed by atoms with Gasteiger partial charge in [0, 0.05) is 18.3 Å². The molecule has 0 aliphatic heterocycles. The molecule has 0 bridgehead atoms. The van der Waals surface area contributed by atoms with Crippen molar-refractivity contribution < 1.29 is 9.42 Å². The zero-order chi connectivity index (χ0) is 20.2. The highest BCUT2D eigenvalue weighted by atomic mass is 16.6. The number of nitrogens with zero attached hydrogens (tertiary/aromatic N) is 6. The van der Waals surface area contributed by atoms with E-state index in [1.165, 1.54) is 6.20 Å². The standard InChI is InChI=1S/C19H16N8O2/c20-8-3-9-22-18-17(25-29-26-18)19-24-13-4-1-2-5-14(13)27(19)11-15(28)12-6-7-16(21)23-10-12/h1-2,4-7,10H,3,9,11H2,(H2,21,23)(H,22,26). The third-order valence-electron chi connectivity index (χ3n) is 4.29. The van der Waals surface area contributed by atoms with Crippen LogP contribution in [0.15, 0.2) is 47.2 Å². The summed E-state index contributed by atoms with van der Waals surface area (Å²) < 4.78 is 6.63. The van der Waals surface area contributed by atoms with E-state index in [2.05, 4.69) is 25.6 Å². The van der Waals surface area contributed by atoms with Crippen molar-refractivity contribution in [2.45, 2.75) is 13.0 Å². The molecule has 3 heterocycles. The smallest absolute Gasteiger partial charge is 0.202 e. The van der Waals surface area contributed by atoms with Gasteiger partial charge in [0.1, 0.15) is 5.82 Å². The number of anilines is 2. The van der Waals surface area contributed by atoms with Crippen molar-refractivity contribution in [2.24, 2.45) is 0 Å². The van der Waals surface area contributed by atoms with Crippen LogP contribution in [0.3, 0.4) is 0 Å². The van der Waals surface area contributed by atoms with Crippen LogP contribution < -0.4 is 11.1 Å². The molecule has 3 N–H and O–H groups in total. The first kappa shape index (κ1) is 18.1. The Morgan fingerprint density at radius 3 is 2.90 bits per heavy atom. The van der Waals surface area contributed by atoms with E-state index in [0.29, 0.717) is 47.2 Å². The SMILES string of the molecule is N#CCCNc1nonc1-c1nc2ccccc2n1CC(=O)c1ccc(N)nc1. The predicted molar refractivity (Wildman–Crippen MR) is 105 cm³/mol. The number of ketones is 1. The number of hydrogen-bond acceptors (Lipinski definition) is 9. The van der Waals surface area contributed by atoms with Gasteiger partial charge in [-0.15, -0.1) is 0 Å². The fourth-order valence-corrected chi connectivity index (χ4v) is 2.91. The molecule has 4 aromatic rings. The zero-order valence-electron chi connectivity index (χ0n) is 15.2. The molecule has 0 unspecified atom stereocenters. The minimum Gasteiger partial charge on any atom is -0.384 e. The summed E-state index contributed by atoms with van der Waals surface area (Å²) in [7, 11) is 0. The maximum Gasteiger partial charge on any atom is 0.202 e. The highest BCUT2D eigenvalue weighted by Crippen LogP contribution is 2.28. The molecule has 1 aromatic carbocycles. The Labute approximate surface area is 164 Å². The molecule has 0 spiro atoms. The van der Waals surface area contributed by atoms with Crippen molar-refractivity contribution in [1.29, 1.82) is 5.26 Å². The number of imidazole rings is 1. The minimum absolute atomic E-state index is 0.0198. The van der Waals surface area contributed by atoms with E-state index >= 15 is 0 Å². The van der Waals surface area contributed by atoms with Gasteiger partial charge < -0.3 is 15.6 Å². The largest absolute Gasteiger partial charge is 0.384 e. The van der Waals surface area contributed by atoms with Gasteiger partial charge in [-0.2, -0.15) is 5.26 Å². The fraction of sp³-hybridized carbons (Fsp3) is 0.158. The fourth-order valence-electron chi connectivity index (χ4n) is 2.91. The summed E-state index contributed by atoms with van der Waals surface area (Å²) in [5.74, 6) is 0.983. The van der Waals surface area contributed by atoms with E-state index < -0.39 is 0 Å². The third kappa shape index (κ3) is 3.61. The van der Waals surface area contributed by atoms with Crippen molar-refractivity contribution in [2.75, 3.05) is 17.6 Å². The molecule has 0 radical (unpaired) electrons. The molecule has 3 aromatic heterocycles. The second-order valence-electron chi connectivity index (χ2n) is 6.20. The molecule has 10 nitrogen and oxygen atoms in total. The van der Waals surface area contributed by atoms with Crippen LogP contribution in [0.5, 0.6) is 0 Å². The lowest BCUT2D eigenvalue weighted by atomic mass is 10.2. The normalized spacial score (nSPS) is 10.7. The summed E-state index contributed by atoms with van der Waals surface area (Å²) in [5, 5.41) is 19.5. The van der Waals surface area contributed by atoms with Gasteiger partial charge in [-0.25, -0.2) is 14.6 Å². The van der Waals surface area contributed by atoms with Gasteiger partial charge in [0.2, 0.25) is 5.82 Å². The second kappa shape index (κ2) is 7.77. The van der Waals surface area contributed by atoms with E-state index in [1.54, 1.807) is 16.7 Å². The van der Waals surface area contributed by atoms with E-state index in [0.717, 1.165) is 5.52 Å². The van der Waals surface area contributed by atoms with Crippen LogP contribution in [0.2, 0.25) is 0 Å². The maximum atomic E-state index is 12.8. The molecule has 0 saturated heterocycles. The van der Waals surface area contributed by atoms with Crippen LogP contribution in [-0.4, -0.2) is 37.2 Å². The van der Waals surface area contributed by atoms with Gasteiger partial charge in [0.05, 0.1) is 30.1 Å². The summed E-state index contributed by atoms with van der Waals surface area (Å²) in [6.45, 7) is 0.403. The lowest BCUT2D eigenvalue weighted by Gasteiger charge is -2.08. The number of nitrogen functional groups attached to an aromatic ring is 1. The Bertz CT molecular complexity index is 1200. The van der Waals surface area contributed by atoms with Gasteiger partial charge >= 0.3 is 0 Å². The first-order chi connectivity index (χ1) is 14.2. The van der Waals surface area contributed by atoms with Gasteiger partial charge in [0.15, 0.2) is 17.3 Å². The molecule has 144 valence electrons. The number of Topliss-reactive ketones (excluding diaryl/α,β-unsaturated/α-hetero) is 1. The second-order valence-corrected chi connectivity index (χ2v) is 6.20. The van der Waals surface area contributed by atoms with E-state index in [-0.39, 0.29) is 12.3 Å². The number of benzene rings is 1. The number of nitrogens with one attached hydrogen (secondary N) is 1. The molecule has 0 fully saturated rings. The lowest BCUT2D eigenvalue weighted by molar-refractivity contribution is 0.0973. The lowest BCUT2D eigenvalue weighted by Crippen LogP contribution is -2.13. The van der Waals surface area contributed by atoms with Crippen molar-refractivity contribution >= 4 is 28.5 Å². The maximum absolute atomic E-state index is 12.8. The third-order valence-corrected chi connectivity index (χ3v) is 4.29. The molecular weight excluding hydrogens is 372 g/mol. The molecule has 0 amide bonds. The number of nitrogens with two attached hydrogens (primary N) is 1. The Balaban J connectivity index is 1.74.